The van der Waals surface area contributed by atoms with Gasteiger partial charge in [0.25, 0.3) is 0 Å². The van der Waals surface area contributed by atoms with Crippen LogP contribution < -0.4 is 5.32 Å². The molecule has 0 bridgehead atoms. The largest absolute Gasteiger partial charge is 0.313 e. The van der Waals surface area contributed by atoms with Gasteiger partial charge in [0, 0.05) is 19.1 Å². The lowest BCUT2D eigenvalue weighted by molar-refractivity contribution is 0.319. The van der Waals surface area contributed by atoms with E-state index in [0.29, 0.717) is 0 Å². The van der Waals surface area contributed by atoms with Crippen LogP contribution in [-0.2, 0) is 0 Å². The van der Waals surface area contributed by atoms with Gasteiger partial charge in [-0.3, -0.25) is 0 Å². The van der Waals surface area contributed by atoms with Crippen LogP contribution in [0, 0.1) is 0 Å². The molecule has 2 rings (SSSR count). The standard InChI is InChI=1S/C14H24N2/c1-12-5-3-6-13(9-12)10-16(2)11-14-7-4-8-15-14/h5,9,14-15H,3-4,6-8,10-11H2,1-2H3. The number of hydrogen-bond acceptors (Lipinski definition) is 2. The van der Waals surface area contributed by atoms with Crippen LogP contribution in [-0.4, -0.2) is 37.6 Å². The topological polar surface area (TPSA) is 15.3 Å². The average molecular weight is 220 g/mol. The molecule has 0 spiro atoms. The van der Waals surface area contributed by atoms with Gasteiger partial charge < -0.3 is 10.2 Å². The lowest BCUT2D eigenvalue weighted by Gasteiger charge is -2.23. The lowest BCUT2D eigenvalue weighted by atomic mass is 10.00. The molecule has 0 aromatic heterocycles. The fraction of sp³-hybridized carbons (Fsp3) is 0.714. The summed E-state index contributed by atoms with van der Waals surface area (Å²) >= 11 is 0. The quantitative estimate of drug-likeness (QED) is 0.782. The first kappa shape index (κ1) is 11.9. The van der Waals surface area contributed by atoms with E-state index < -0.39 is 0 Å². The summed E-state index contributed by atoms with van der Waals surface area (Å²) in [5, 5.41) is 3.56. The van der Waals surface area contributed by atoms with Gasteiger partial charge in [0.2, 0.25) is 0 Å². The summed E-state index contributed by atoms with van der Waals surface area (Å²) in [6, 6.07) is 0.728. The molecule has 16 heavy (non-hydrogen) atoms. The molecule has 2 aliphatic rings. The maximum absolute atomic E-state index is 3.56. The number of hydrogen-bond donors (Lipinski definition) is 1. The summed E-state index contributed by atoms with van der Waals surface area (Å²) < 4.78 is 0. The van der Waals surface area contributed by atoms with E-state index >= 15 is 0 Å². The number of likely N-dealkylation sites (N-methyl/N-ethyl adjacent to an activating group) is 1. The first-order chi connectivity index (χ1) is 7.74. The van der Waals surface area contributed by atoms with E-state index in [1.807, 2.05) is 0 Å². The highest BCUT2D eigenvalue weighted by Gasteiger charge is 2.16. The van der Waals surface area contributed by atoms with Crippen molar-refractivity contribution < 1.29 is 0 Å². The van der Waals surface area contributed by atoms with Crippen molar-refractivity contribution in [2.75, 3.05) is 26.7 Å². The summed E-state index contributed by atoms with van der Waals surface area (Å²) in [4.78, 5) is 2.47. The van der Waals surface area contributed by atoms with Crippen LogP contribution in [0.3, 0.4) is 0 Å². The van der Waals surface area contributed by atoms with E-state index in [-0.39, 0.29) is 0 Å². The van der Waals surface area contributed by atoms with Crippen molar-refractivity contribution in [3.8, 4) is 0 Å². The van der Waals surface area contributed by atoms with Crippen molar-refractivity contribution in [1.82, 2.24) is 10.2 Å². The molecule has 2 nitrogen and oxygen atoms in total. The van der Waals surface area contributed by atoms with Gasteiger partial charge in [-0.15, -0.1) is 0 Å². The number of rotatable bonds is 4. The highest BCUT2D eigenvalue weighted by Crippen LogP contribution is 2.18. The molecule has 0 saturated carbocycles. The molecule has 1 N–H and O–H groups in total. The first-order valence-corrected chi connectivity index (χ1v) is 6.52. The van der Waals surface area contributed by atoms with Crippen molar-refractivity contribution in [2.45, 2.75) is 38.6 Å². The minimum atomic E-state index is 0.728. The first-order valence-electron chi connectivity index (χ1n) is 6.52. The molecular formula is C14H24N2. The second kappa shape index (κ2) is 5.65. The fourth-order valence-electron chi connectivity index (χ4n) is 2.76. The third kappa shape index (κ3) is 3.46. The minimum absolute atomic E-state index is 0.728. The Hall–Kier alpha value is -0.600. The molecule has 2 heteroatoms. The van der Waals surface area contributed by atoms with Crippen molar-refractivity contribution in [3.63, 3.8) is 0 Å². The predicted octanol–water partition coefficient (Wildman–Crippen LogP) is 2.34. The number of allylic oxidation sites excluding steroid dienone is 3. The Bertz CT molecular complexity index is 285. The zero-order valence-electron chi connectivity index (χ0n) is 10.6. The van der Waals surface area contributed by atoms with Crippen molar-refractivity contribution in [3.05, 3.63) is 23.3 Å². The molecule has 90 valence electrons. The predicted molar refractivity (Wildman–Crippen MR) is 69.6 cm³/mol. The van der Waals surface area contributed by atoms with E-state index in [2.05, 4.69) is 36.3 Å². The van der Waals surface area contributed by atoms with E-state index in [4.69, 9.17) is 0 Å². The monoisotopic (exact) mass is 220 g/mol. The Kier molecular flexibility index (Phi) is 4.19. The second-order valence-corrected chi connectivity index (χ2v) is 5.28. The molecule has 1 saturated heterocycles. The molecular weight excluding hydrogens is 196 g/mol. The summed E-state index contributed by atoms with van der Waals surface area (Å²) in [6.45, 7) is 5.75. The lowest BCUT2D eigenvalue weighted by Crippen LogP contribution is -2.36. The van der Waals surface area contributed by atoms with Crippen molar-refractivity contribution in [2.24, 2.45) is 0 Å². The molecule has 0 amide bonds. The summed E-state index contributed by atoms with van der Waals surface area (Å²) in [6.07, 6.45) is 9.88. The fourth-order valence-corrected chi connectivity index (χ4v) is 2.76. The highest BCUT2D eigenvalue weighted by atomic mass is 15.1. The van der Waals surface area contributed by atoms with Crippen LogP contribution in [0.25, 0.3) is 0 Å². The third-order valence-corrected chi connectivity index (χ3v) is 3.53. The summed E-state index contributed by atoms with van der Waals surface area (Å²) in [5.74, 6) is 0. The van der Waals surface area contributed by atoms with Crippen LogP contribution in [0.5, 0.6) is 0 Å². The second-order valence-electron chi connectivity index (χ2n) is 5.28. The zero-order valence-corrected chi connectivity index (χ0v) is 10.6. The van der Waals surface area contributed by atoms with Crippen LogP contribution in [0.4, 0.5) is 0 Å². The van der Waals surface area contributed by atoms with E-state index in [1.165, 1.54) is 44.3 Å². The summed E-state index contributed by atoms with van der Waals surface area (Å²) in [5.41, 5.74) is 3.04. The molecule has 1 atom stereocenters. The van der Waals surface area contributed by atoms with E-state index in [9.17, 15) is 0 Å². The van der Waals surface area contributed by atoms with Crippen LogP contribution in [0.1, 0.15) is 32.6 Å². The Morgan fingerprint density at radius 2 is 2.38 bits per heavy atom. The Morgan fingerprint density at radius 1 is 1.50 bits per heavy atom. The van der Waals surface area contributed by atoms with Gasteiger partial charge in [-0.2, -0.15) is 0 Å². The van der Waals surface area contributed by atoms with Gasteiger partial charge in [-0.25, -0.2) is 0 Å². The summed E-state index contributed by atoms with van der Waals surface area (Å²) in [7, 11) is 2.24. The van der Waals surface area contributed by atoms with E-state index in [1.54, 1.807) is 5.57 Å². The Morgan fingerprint density at radius 3 is 3.06 bits per heavy atom. The van der Waals surface area contributed by atoms with Gasteiger partial charge >= 0.3 is 0 Å². The van der Waals surface area contributed by atoms with Gasteiger partial charge in [0.05, 0.1) is 0 Å². The van der Waals surface area contributed by atoms with Crippen molar-refractivity contribution >= 4 is 0 Å². The zero-order chi connectivity index (χ0) is 11.4. The Balaban J connectivity index is 1.77. The highest BCUT2D eigenvalue weighted by molar-refractivity contribution is 5.26. The molecule has 0 radical (unpaired) electrons. The number of nitrogens with one attached hydrogen (secondary N) is 1. The van der Waals surface area contributed by atoms with E-state index in [0.717, 1.165) is 12.6 Å². The maximum Gasteiger partial charge on any atom is 0.0195 e. The Labute approximate surface area is 99.4 Å². The average Bonchev–Trinajstić information content (AvgIpc) is 2.70. The van der Waals surface area contributed by atoms with Gasteiger partial charge in [0.1, 0.15) is 0 Å². The van der Waals surface area contributed by atoms with Gasteiger partial charge in [0.15, 0.2) is 0 Å². The van der Waals surface area contributed by atoms with Gasteiger partial charge in [-0.05, 0) is 46.2 Å². The molecule has 0 aromatic carbocycles. The smallest absolute Gasteiger partial charge is 0.0195 e. The molecule has 1 aliphatic carbocycles. The molecule has 1 fully saturated rings. The van der Waals surface area contributed by atoms with Crippen LogP contribution in [0.2, 0.25) is 0 Å². The third-order valence-electron chi connectivity index (χ3n) is 3.53. The SMILES string of the molecule is CC1=CCCC(CN(C)CC2CCCN2)=C1. The van der Waals surface area contributed by atoms with Gasteiger partial charge in [-0.1, -0.05) is 23.3 Å². The van der Waals surface area contributed by atoms with Crippen molar-refractivity contribution in [1.29, 1.82) is 0 Å². The van der Waals surface area contributed by atoms with Crippen LogP contribution >= 0.6 is 0 Å². The van der Waals surface area contributed by atoms with Crippen LogP contribution in [0.15, 0.2) is 23.3 Å². The molecule has 1 heterocycles. The maximum atomic E-state index is 3.56. The minimum Gasteiger partial charge on any atom is -0.313 e. The molecule has 0 aromatic rings. The number of nitrogens with zero attached hydrogens (tertiary/aromatic N) is 1. The normalized spacial score (nSPS) is 25.8. The molecule has 1 aliphatic heterocycles. The molecule has 1 unspecified atom stereocenters.